The molecule has 5 nitrogen and oxygen atoms in total. The van der Waals surface area contributed by atoms with Crippen LogP contribution >= 0.6 is 0 Å². The van der Waals surface area contributed by atoms with Gasteiger partial charge < -0.3 is 5.32 Å². The Morgan fingerprint density at radius 1 is 1.53 bits per heavy atom. The Hall–Kier alpha value is -1.91. The van der Waals surface area contributed by atoms with Crippen LogP contribution in [0.4, 0.5) is 11.4 Å². The summed E-state index contributed by atoms with van der Waals surface area (Å²) < 4.78 is 0. The molecule has 0 spiro atoms. The molecule has 1 N–H and O–H groups in total. The van der Waals surface area contributed by atoms with E-state index in [1.165, 1.54) is 6.07 Å². The van der Waals surface area contributed by atoms with Crippen molar-refractivity contribution in [2.45, 2.75) is 32.7 Å². The summed E-state index contributed by atoms with van der Waals surface area (Å²) >= 11 is 0. The predicted octanol–water partition coefficient (Wildman–Crippen LogP) is 3.01. The smallest absolute Gasteiger partial charge is 0.293 e. The van der Waals surface area contributed by atoms with Crippen LogP contribution in [0.25, 0.3) is 0 Å². The third-order valence-electron chi connectivity index (χ3n) is 2.48. The summed E-state index contributed by atoms with van der Waals surface area (Å²) in [7, 11) is 0. The minimum atomic E-state index is -0.478. The van der Waals surface area contributed by atoms with Gasteiger partial charge in [-0.15, -0.1) is 0 Å². The number of carbonyl (C=O) groups is 1. The normalized spacial score (nSPS) is 11.9. The molecule has 0 bridgehead atoms. The zero-order valence-corrected chi connectivity index (χ0v) is 9.97. The fourth-order valence-corrected chi connectivity index (χ4v) is 1.67. The highest BCUT2D eigenvalue weighted by atomic mass is 16.6. The second kappa shape index (κ2) is 5.98. The van der Waals surface area contributed by atoms with Crippen molar-refractivity contribution in [1.82, 2.24) is 0 Å². The molecule has 0 amide bonds. The number of hydrogen-bond acceptors (Lipinski definition) is 4. The molecule has 1 atom stereocenters. The molecule has 0 fully saturated rings. The molecule has 0 aromatic heterocycles. The predicted molar refractivity (Wildman–Crippen MR) is 66.5 cm³/mol. The molecular weight excluding hydrogens is 220 g/mol. The molecule has 0 aliphatic carbocycles. The summed E-state index contributed by atoms with van der Waals surface area (Å²) in [5, 5.41) is 14.0. The number of rotatable bonds is 6. The Morgan fingerprint density at radius 2 is 2.24 bits per heavy atom. The maximum absolute atomic E-state index is 10.9. The summed E-state index contributed by atoms with van der Waals surface area (Å²) in [5.74, 6) is 0. The van der Waals surface area contributed by atoms with Gasteiger partial charge in [0.05, 0.1) is 4.92 Å². The molecule has 0 aliphatic heterocycles. The number of benzene rings is 1. The van der Waals surface area contributed by atoms with Crippen molar-refractivity contribution < 1.29 is 9.72 Å². The van der Waals surface area contributed by atoms with E-state index in [4.69, 9.17) is 0 Å². The third kappa shape index (κ3) is 3.55. The first-order valence-electron chi connectivity index (χ1n) is 5.58. The standard InChI is InChI=1S/C12H16N2O3/c1-3-4-9(2)13-11-6-5-10(8-15)7-12(11)14(16)17/h5-9,13H,3-4H2,1-2H3. The number of nitrogens with zero attached hydrogens (tertiary/aromatic N) is 1. The van der Waals surface area contributed by atoms with E-state index in [0.29, 0.717) is 17.5 Å². The first-order valence-corrected chi connectivity index (χ1v) is 5.58. The van der Waals surface area contributed by atoms with Gasteiger partial charge >= 0.3 is 0 Å². The van der Waals surface area contributed by atoms with Gasteiger partial charge in [0.15, 0.2) is 0 Å². The second-order valence-electron chi connectivity index (χ2n) is 3.99. The maximum atomic E-state index is 10.9. The largest absolute Gasteiger partial charge is 0.377 e. The maximum Gasteiger partial charge on any atom is 0.293 e. The van der Waals surface area contributed by atoms with Crippen LogP contribution in [0.2, 0.25) is 0 Å². The first-order chi connectivity index (χ1) is 8.08. The molecule has 0 saturated heterocycles. The molecular formula is C12H16N2O3. The molecule has 0 heterocycles. The van der Waals surface area contributed by atoms with E-state index in [0.717, 1.165) is 12.8 Å². The fraction of sp³-hybridized carbons (Fsp3) is 0.417. The summed E-state index contributed by atoms with van der Waals surface area (Å²) in [4.78, 5) is 21.0. The number of anilines is 1. The molecule has 5 heteroatoms. The van der Waals surface area contributed by atoms with Crippen LogP contribution in [-0.4, -0.2) is 17.3 Å². The van der Waals surface area contributed by atoms with E-state index in [1.807, 2.05) is 6.92 Å². The van der Waals surface area contributed by atoms with E-state index >= 15 is 0 Å². The average molecular weight is 236 g/mol. The van der Waals surface area contributed by atoms with Crippen LogP contribution in [0.1, 0.15) is 37.0 Å². The molecule has 1 aromatic rings. The van der Waals surface area contributed by atoms with Crippen molar-refractivity contribution in [2.75, 3.05) is 5.32 Å². The number of nitro benzene ring substituents is 1. The minimum absolute atomic E-state index is 0.0578. The van der Waals surface area contributed by atoms with Gasteiger partial charge in [0.2, 0.25) is 0 Å². The highest BCUT2D eigenvalue weighted by Gasteiger charge is 2.15. The van der Waals surface area contributed by atoms with Crippen LogP contribution in [-0.2, 0) is 0 Å². The quantitative estimate of drug-likeness (QED) is 0.468. The van der Waals surface area contributed by atoms with Gasteiger partial charge in [0, 0.05) is 17.7 Å². The number of hydrogen-bond donors (Lipinski definition) is 1. The van der Waals surface area contributed by atoms with Crippen molar-refractivity contribution in [1.29, 1.82) is 0 Å². The molecule has 1 rings (SSSR count). The Morgan fingerprint density at radius 3 is 2.76 bits per heavy atom. The molecule has 1 aromatic carbocycles. The number of carbonyl (C=O) groups excluding carboxylic acids is 1. The number of aldehydes is 1. The lowest BCUT2D eigenvalue weighted by atomic mass is 10.1. The molecule has 0 radical (unpaired) electrons. The number of nitrogens with one attached hydrogen (secondary N) is 1. The van der Waals surface area contributed by atoms with Crippen molar-refractivity contribution in [3.05, 3.63) is 33.9 Å². The van der Waals surface area contributed by atoms with Crippen LogP contribution in [0, 0.1) is 10.1 Å². The lowest BCUT2D eigenvalue weighted by molar-refractivity contribution is -0.384. The number of nitro groups is 1. The monoisotopic (exact) mass is 236 g/mol. The van der Waals surface area contributed by atoms with Gasteiger partial charge in [0.1, 0.15) is 12.0 Å². The average Bonchev–Trinajstić information content (AvgIpc) is 2.29. The zero-order valence-electron chi connectivity index (χ0n) is 9.97. The highest BCUT2D eigenvalue weighted by molar-refractivity contribution is 5.79. The topological polar surface area (TPSA) is 72.2 Å². The Kier molecular flexibility index (Phi) is 4.63. The Balaban J connectivity index is 2.98. The SMILES string of the molecule is CCCC(C)Nc1ccc(C=O)cc1[N+](=O)[O-]. The van der Waals surface area contributed by atoms with Gasteiger partial charge in [0.25, 0.3) is 5.69 Å². The molecule has 0 saturated carbocycles. The van der Waals surface area contributed by atoms with Gasteiger partial charge in [-0.3, -0.25) is 14.9 Å². The van der Waals surface area contributed by atoms with Crippen LogP contribution in [0.15, 0.2) is 18.2 Å². The lowest BCUT2D eigenvalue weighted by Gasteiger charge is -2.14. The van der Waals surface area contributed by atoms with Crippen LogP contribution in [0.5, 0.6) is 0 Å². The van der Waals surface area contributed by atoms with Gasteiger partial charge in [-0.05, 0) is 25.5 Å². The molecule has 17 heavy (non-hydrogen) atoms. The summed E-state index contributed by atoms with van der Waals surface area (Å²) in [6.07, 6.45) is 2.55. The van der Waals surface area contributed by atoms with Gasteiger partial charge in [-0.25, -0.2) is 0 Å². The van der Waals surface area contributed by atoms with E-state index < -0.39 is 4.92 Å². The molecule has 1 unspecified atom stereocenters. The first kappa shape index (κ1) is 13.2. The zero-order chi connectivity index (χ0) is 12.8. The minimum Gasteiger partial charge on any atom is -0.377 e. The Labute approximate surface area is 100.0 Å². The Bertz CT molecular complexity index is 418. The third-order valence-corrected chi connectivity index (χ3v) is 2.48. The van der Waals surface area contributed by atoms with Crippen molar-refractivity contribution in [2.24, 2.45) is 0 Å². The van der Waals surface area contributed by atoms with E-state index in [2.05, 4.69) is 12.2 Å². The fourth-order valence-electron chi connectivity index (χ4n) is 1.67. The summed E-state index contributed by atoms with van der Waals surface area (Å²) in [5.41, 5.74) is 0.712. The van der Waals surface area contributed by atoms with Crippen LogP contribution in [0.3, 0.4) is 0 Å². The van der Waals surface area contributed by atoms with Gasteiger partial charge in [-0.1, -0.05) is 13.3 Å². The molecule has 92 valence electrons. The van der Waals surface area contributed by atoms with Crippen molar-refractivity contribution in [3.63, 3.8) is 0 Å². The van der Waals surface area contributed by atoms with E-state index in [-0.39, 0.29) is 11.7 Å². The summed E-state index contributed by atoms with van der Waals surface area (Å²) in [6, 6.07) is 4.60. The second-order valence-corrected chi connectivity index (χ2v) is 3.99. The lowest BCUT2D eigenvalue weighted by Crippen LogP contribution is -2.15. The highest BCUT2D eigenvalue weighted by Crippen LogP contribution is 2.26. The van der Waals surface area contributed by atoms with E-state index in [1.54, 1.807) is 12.1 Å². The van der Waals surface area contributed by atoms with Crippen LogP contribution < -0.4 is 5.32 Å². The van der Waals surface area contributed by atoms with Gasteiger partial charge in [-0.2, -0.15) is 0 Å². The van der Waals surface area contributed by atoms with E-state index in [9.17, 15) is 14.9 Å². The summed E-state index contributed by atoms with van der Waals surface area (Å²) in [6.45, 7) is 4.03. The van der Waals surface area contributed by atoms with Crippen molar-refractivity contribution in [3.8, 4) is 0 Å². The van der Waals surface area contributed by atoms with Crippen molar-refractivity contribution >= 4 is 17.7 Å². The molecule has 0 aliphatic rings.